The maximum atomic E-state index is 12.6. The Kier molecular flexibility index (Phi) is 4.88. The summed E-state index contributed by atoms with van der Waals surface area (Å²) in [7, 11) is 1.65. The molecular weight excluding hydrogens is 332 g/mol. The van der Waals surface area contributed by atoms with Crippen molar-refractivity contribution in [2.45, 2.75) is 57.4 Å². The Balaban J connectivity index is 1.45. The number of carbonyl (C=O) groups is 1. The number of nitrogens with one attached hydrogen (secondary N) is 1. The van der Waals surface area contributed by atoms with E-state index in [0.717, 1.165) is 29.8 Å². The Morgan fingerprint density at radius 2 is 2.00 bits per heavy atom. The van der Waals surface area contributed by atoms with Gasteiger partial charge in [-0.05, 0) is 30.5 Å². The highest BCUT2D eigenvalue weighted by Crippen LogP contribution is 2.28. The highest BCUT2D eigenvalue weighted by atomic mass is 16.5. The van der Waals surface area contributed by atoms with Gasteiger partial charge in [0.1, 0.15) is 11.9 Å². The lowest BCUT2D eigenvalue weighted by atomic mass is 9.95. The van der Waals surface area contributed by atoms with Crippen LogP contribution in [0.25, 0.3) is 0 Å². The van der Waals surface area contributed by atoms with Crippen molar-refractivity contribution in [2.24, 2.45) is 0 Å². The largest absolute Gasteiger partial charge is 0.497 e. The number of benzene rings is 1. The second kappa shape index (κ2) is 7.45. The van der Waals surface area contributed by atoms with Crippen LogP contribution in [-0.2, 0) is 17.9 Å². The second-order valence-corrected chi connectivity index (χ2v) is 6.95. The molecule has 0 bridgehead atoms. The molecule has 4 rings (SSSR count). The van der Waals surface area contributed by atoms with Gasteiger partial charge in [-0.3, -0.25) is 4.79 Å². The molecular formula is C19H24N4O3. The SMILES string of the molecule is COc1ccc([C@@H]2Cn3nnc(C(=O)NC4CCCCC4)c3CO2)cc1. The number of amides is 1. The molecule has 1 saturated carbocycles. The van der Waals surface area contributed by atoms with Crippen molar-refractivity contribution in [2.75, 3.05) is 7.11 Å². The van der Waals surface area contributed by atoms with Gasteiger partial charge in [0.15, 0.2) is 5.69 Å². The zero-order valence-electron chi connectivity index (χ0n) is 15.0. The van der Waals surface area contributed by atoms with Crippen LogP contribution in [-0.4, -0.2) is 34.1 Å². The molecule has 7 heteroatoms. The van der Waals surface area contributed by atoms with Gasteiger partial charge in [-0.25, -0.2) is 4.68 Å². The molecule has 0 unspecified atom stereocenters. The van der Waals surface area contributed by atoms with Crippen LogP contribution in [0.5, 0.6) is 5.75 Å². The lowest BCUT2D eigenvalue weighted by Crippen LogP contribution is -2.37. The standard InChI is InChI=1S/C19H24N4O3/c1-25-15-9-7-13(8-10-15)17-11-23-16(12-26-17)18(21-22-23)19(24)20-14-5-3-2-4-6-14/h7-10,14,17H,2-6,11-12H2,1H3,(H,20,24)/t17-/m0/s1. The molecule has 1 aliphatic heterocycles. The number of aromatic nitrogens is 3. The summed E-state index contributed by atoms with van der Waals surface area (Å²) in [5.41, 5.74) is 2.20. The molecule has 1 fully saturated rings. The second-order valence-electron chi connectivity index (χ2n) is 6.95. The number of nitrogens with zero attached hydrogens (tertiary/aromatic N) is 3. The van der Waals surface area contributed by atoms with E-state index in [4.69, 9.17) is 9.47 Å². The van der Waals surface area contributed by atoms with Crippen LogP contribution in [0.2, 0.25) is 0 Å². The normalized spacial score (nSPS) is 20.4. The molecule has 2 aliphatic rings. The number of hydrogen-bond acceptors (Lipinski definition) is 5. The first-order valence-electron chi connectivity index (χ1n) is 9.23. The van der Waals surface area contributed by atoms with Gasteiger partial charge in [-0.15, -0.1) is 5.10 Å². The lowest BCUT2D eigenvalue weighted by Gasteiger charge is -2.25. The number of rotatable bonds is 4. The van der Waals surface area contributed by atoms with Crippen LogP contribution in [0.3, 0.4) is 0 Å². The van der Waals surface area contributed by atoms with Crippen molar-refractivity contribution in [1.82, 2.24) is 20.3 Å². The van der Waals surface area contributed by atoms with Gasteiger partial charge in [0.2, 0.25) is 0 Å². The number of fused-ring (bicyclic) bond motifs is 1. The molecule has 2 heterocycles. The molecule has 138 valence electrons. The summed E-state index contributed by atoms with van der Waals surface area (Å²) < 4.78 is 13.0. The molecule has 7 nitrogen and oxygen atoms in total. The summed E-state index contributed by atoms with van der Waals surface area (Å²) in [6.45, 7) is 0.877. The molecule has 0 saturated heterocycles. The van der Waals surface area contributed by atoms with E-state index >= 15 is 0 Å². The average Bonchev–Trinajstić information content (AvgIpc) is 3.12. The van der Waals surface area contributed by atoms with Gasteiger partial charge in [-0.1, -0.05) is 36.6 Å². The molecule has 2 aromatic rings. The minimum Gasteiger partial charge on any atom is -0.497 e. The molecule has 1 atom stereocenters. The summed E-state index contributed by atoms with van der Waals surface area (Å²) in [5.74, 6) is 0.678. The number of hydrogen-bond donors (Lipinski definition) is 1. The van der Waals surface area contributed by atoms with Crippen LogP contribution < -0.4 is 10.1 Å². The van der Waals surface area contributed by atoms with Crippen LogP contribution >= 0.6 is 0 Å². The topological polar surface area (TPSA) is 78.3 Å². The van der Waals surface area contributed by atoms with Crippen molar-refractivity contribution >= 4 is 5.91 Å². The summed E-state index contributed by atoms with van der Waals surface area (Å²) in [6, 6.07) is 8.06. The van der Waals surface area contributed by atoms with Crippen molar-refractivity contribution in [3.8, 4) is 5.75 Å². The average molecular weight is 356 g/mol. The molecule has 1 aromatic heterocycles. The predicted molar refractivity (Wildman–Crippen MR) is 94.9 cm³/mol. The third-order valence-electron chi connectivity index (χ3n) is 5.24. The first-order chi connectivity index (χ1) is 12.7. The Hall–Kier alpha value is -2.41. The fraction of sp³-hybridized carbons (Fsp3) is 0.526. The third-order valence-corrected chi connectivity index (χ3v) is 5.24. The van der Waals surface area contributed by atoms with Gasteiger partial charge < -0.3 is 14.8 Å². The van der Waals surface area contributed by atoms with Crippen LogP contribution in [0.1, 0.15) is 60.0 Å². The van der Waals surface area contributed by atoms with Crippen LogP contribution in [0.4, 0.5) is 0 Å². The molecule has 1 N–H and O–H groups in total. The first kappa shape index (κ1) is 17.0. The molecule has 1 aromatic carbocycles. The smallest absolute Gasteiger partial charge is 0.274 e. The fourth-order valence-corrected chi connectivity index (χ4v) is 3.71. The molecule has 26 heavy (non-hydrogen) atoms. The zero-order chi connectivity index (χ0) is 17.9. The Morgan fingerprint density at radius 1 is 1.23 bits per heavy atom. The Labute approximate surface area is 152 Å². The van der Waals surface area contributed by atoms with Gasteiger partial charge in [0, 0.05) is 6.04 Å². The number of methoxy groups -OCH3 is 1. The van der Waals surface area contributed by atoms with Crippen molar-refractivity contribution < 1.29 is 14.3 Å². The lowest BCUT2D eigenvalue weighted by molar-refractivity contribution is -0.00180. The fourth-order valence-electron chi connectivity index (χ4n) is 3.71. The molecule has 1 amide bonds. The van der Waals surface area contributed by atoms with E-state index in [9.17, 15) is 4.79 Å². The first-order valence-corrected chi connectivity index (χ1v) is 9.23. The highest BCUT2D eigenvalue weighted by Gasteiger charge is 2.28. The number of carbonyl (C=O) groups excluding carboxylic acids is 1. The quantitative estimate of drug-likeness (QED) is 0.911. The summed E-state index contributed by atoms with van der Waals surface area (Å²) in [6.07, 6.45) is 5.60. The minimum absolute atomic E-state index is 0.107. The van der Waals surface area contributed by atoms with Crippen molar-refractivity contribution in [3.63, 3.8) is 0 Å². The van der Waals surface area contributed by atoms with E-state index in [1.165, 1.54) is 19.3 Å². The van der Waals surface area contributed by atoms with Gasteiger partial charge in [0.05, 0.1) is 26.0 Å². The highest BCUT2D eigenvalue weighted by molar-refractivity contribution is 5.93. The molecule has 0 spiro atoms. The van der Waals surface area contributed by atoms with E-state index < -0.39 is 0 Å². The third kappa shape index (κ3) is 3.44. The predicted octanol–water partition coefficient (Wildman–Crippen LogP) is 2.62. The molecule has 0 radical (unpaired) electrons. The van der Waals surface area contributed by atoms with Crippen molar-refractivity contribution in [3.05, 3.63) is 41.2 Å². The van der Waals surface area contributed by atoms with E-state index in [1.54, 1.807) is 11.8 Å². The van der Waals surface area contributed by atoms with E-state index in [2.05, 4.69) is 15.6 Å². The van der Waals surface area contributed by atoms with Crippen LogP contribution in [0, 0.1) is 0 Å². The summed E-state index contributed by atoms with van der Waals surface area (Å²) in [4.78, 5) is 12.6. The van der Waals surface area contributed by atoms with Crippen LogP contribution in [0.15, 0.2) is 24.3 Å². The Bertz CT molecular complexity index is 766. The summed E-state index contributed by atoms with van der Waals surface area (Å²) >= 11 is 0. The maximum Gasteiger partial charge on any atom is 0.274 e. The number of ether oxygens (including phenoxy) is 2. The van der Waals surface area contributed by atoms with Gasteiger partial charge in [0.25, 0.3) is 5.91 Å². The van der Waals surface area contributed by atoms with E-state index in [1.807, 2.05) is 24.3 Å². The minimum atomic E-state index is -0.135. The Morgan fingerprint density at radius 3 is 2.73 bits per heavy atom. The zero-order valence-corrected chi connectivity index (χ0v) is 15.0. The van der Waals surface area contributed by atoms with Gasteiger partial charge >= 0.3 is 0 Å². The van der Waals surface area contributed by atoms with Gasteiger partial charge in [-0.2, -0.15) is 0 Å². The molecule has 1 aliphatic carbocycles. The monoisotopic (exact) mass is 356 g/mol. The summed E-state index contributed by atoms with van der Waals surface area (Å²) in [5, 5.41) is 11.4. The maximum absolute atomic E-state index is 12.6. The van der Waals surface area contributed by atoms with E-state index in [0.29, 0.717) is 18.8 Å². The van der Waals surface area contributed by atoms with E-state index in [-0.39, 0.29) is 18.1 Å². The van der Waals surface area contributed by atoms with Crippen molar-refractivity contribution in [1.29, 1.82) is 0 Å².